The lowest BCUT2D eigenvalue weighted by Crippen LogP contribution is -2.45. The molecule has 20 heavy (non-hydrogen) atoms. The van der Waals surface area contributed by atoms with Gasteiger partial charge < -0.3 is 5.32 Å². The van der Waals surface area contributed by atoms with Crippen molar-refractivity contribution in [1.82, 2.24) is 10.0 Å². The zero-order chi connectivity index (χ0) is 14.8. The van der Waals surface area contributed by atoms with Crippen LogP contribution < -0.4 is 10.0 Å². The summed E-state index contributed by atoms with van der Waals surface area (Å²) in [6.45, 7) is 5.83. The van der Waals surface area contributed by atoms with Crippen molar-refractivity contribution in [2.45, 2.75) is 31.6 Å². The first-order valence-electron chi connectivity index (χ1n) is 6.79. The second-order valence-electron chi connectivity index (χ2n) is 5.85. The van der Waals surface area contributed by atoms with Crippen molar-refractivity contribution in [2.24, 2.45) is 5.41 Å². The summed E-state index contributed by atoms with van der Waals surface area (Å²) in [6, 6.07) is 4.10. The molecule has 1 atom stereocenters. The molecule has 1 aliphatic rings. The van der Waals surface area contributed by atoms with Gasteiger partial charge in [0, 0.05) is 13.1 Å². The van der Waals surface area contributed by atoms with Crippen molar-refractivity contribution in [3.05, 3.63) is 29.6 Å². The van der Waals surface area contributed by atoms with Crippen molar-refractivity contribution in [3.8, 4) is 0 Å². The van der Waals surface area contributed by atoms with Crippen LogP contribution in [0.1, 0.15) is 25.3 Å². The Labute approximate surface area is 119 Å². The van der Waals surface area contributed by atoms with E-state index in [1.54, 1.807) is 13.0 Å². The fourth-order valence-electron chi connectivity index (χ4n) is 2.43. The highest BCUT2D eigenvalue weighted by atomic mass is 32.2. The largest absolute Gasteiger partial charge is 0.316 e. The molecule has 1 aliphatic heterocycles. The highest BCUT2D eigenvalue weighted by molar-refractivity contribution is 7.89. The molecule has 1 aromatic carbocycles. The van der Waals surface area contributed by atoms with E-state index in [0.717, 1.165) is 31.5 Å². The van der Waals surface area contributed by atoms with Crippen LogP contribution in [0.15, 0.2) is 23.1 Å². The Morgan fingerprint density at radius 1 is 1.45 bits per heavy atom. The van der Waals surface area contributed by atoms with Crippen LogP contribution in [-0.2, 0) is 10.0 Å². The van der Waals surface area contributed by atoms with E-state index < -0.39 is 15.8 Å². The number of hydrogen-bond acceptors (Lipinski definition) is 3. The first kappa shape index (κ1) is 15.4. The lowest BCUT2D eigenvalue weighted by molar-refractivity contribution is 0.238. The molecule has 1 saturated heterocycles. The Bertz CT molecular complexity index is 581. The lowest BCUT2D eigenvalue weighted by atomic mass is 9.83. The molecule has 0 saturated carbocycles. The van der Waals surface area contributed by atoms with Crippen LogP contribution >= 0.6 is 0 Å². The maximum absolute atomic E-state index is 13.7. The van der Waals surface area contributed by atoms with E-state index in [4.69, 9.17) is 0 Å². The molecule has 2 N–H and O–H groups in total. The first-order valence-corrected chi connectivity index (χ1v) is 8.27. The summed E-state index contributed by atoms with van der Waals surface area (Å²) < 4.78 is 40.7. The highest BCUT2D eigenvalue weighted by Crippen LogP contribution is 2.25. The Balaban J connectivity index is 2.13. The van der Waals surface area contributed by atoms with Gasteiger partial charge in [-0.25, -0.2) is 17.5 Å². The third kappa shape index (κ3) is 3.56. The Morgan fingerprint density at radius 2 is 2.20 bits per heavy atom. The number of hydrogen-bond donors (Lipinski definition) is 2. The van der Waals surface area contributed by atoms with Gasteiger partial charge in [0.05, 0.1) is 0 Å². The molecule has 0 aliphatic carbocycles. The maximum Gasteiger partial charge on any atom is 0.243 e. The SMILES string of the molecule is Cc1ccc(F)c(S(=O)(=O)NCC2(C)CCCNC2)c1. The summed E-state index contributed by atoms with van der Waals surface area (Å²) >= 11 is 0. The zero-order valence-electron chi connectivity index (χ0n) is 11.9. The highest BCUT2D eigenvalue weighted by Gasteiger charge is 2.29. The molecular formula is C14H21FN2O2S. The standard InChI is InChI=1S/C14H21FN2O2S/c1-11-4-5-12(15)13(8-11)20(18,19)17-10-14(2)6-3-7-16-9-14/h4-5,8,16-17H,3,6-7,9-10H2,1-2H3. The van der Waals surface area contributed by atoms with Gasteiger partial charge in [0.2, 0.25) is 10.0 Å². The van der Waals surface area contributed by atoms with Crippen LogP contribution in [0.25, 0.3) is 0 Å². The quantitative estimate of drug-likeness (QED) is 0.891. The molecule has 1 heterocycles. The van der Waals surface area contributed by atoms with Crippen molar-refractivity contribution < 1.29 is 12.8 Å². The third-order valence-corrected chi connectivity index (χ3v) is 5.17. The minimum absolute atomic E-state index is 0.119. The minimum atomic E-state index is -3.80. The van der Waals surface area contributed by atoms with Crippen LogP contribution in [0.4, 0.5) is 4.39 Å². The molecule has 0 bridgehead atoms. The fraction of sp³-hybridized carbons (Fsp3) is 0.571. The van der Waals surface area contributed by atoms with Gasteiger partial charge in [0.25, 0.3) is 0 Å². The summed E-state index contributed by atoms with van der Waals surface area (Å²) in [4.78, 5) is -0.273. The summed E-state index contributed by atoms with van der Waals surface area (Å²) in [7, 11) is -3.80. The van der Waals surface area contributed by atoms with Gasteiger partial charge in [-0.3, -0.25) is 0 Å². The van der Waals surface area contributed by atoms with E-state index in [0.29, 0.717) is 6.54 Å². The molecule has 112 valence electrons. The summed E-state index contributed by atoms with van der Waals surface area (Å²) in [5, 5.41) is 3.26. The van der Waals surface area contributed by atoms with E-state index in [1.165, 1.54) is 12.1 Å². The van der Waals surface area contributed by atoms with Crippen LogP contribution in [-0.4, -0.2) is 28.1 Å². The van der Waals surface area contributed by atoms with Gasteiger partial charge in [-0.15, -0.1) is 0 Å². The van der Waals surface area contributed by atoms with Crippen molar-refractivity contribution in [3.63, 3.8) is 0 Å². The molecule has 1 aromatic rings. The Hall–Kier alpha value is -0.980. The van der Waals surface area contributed by atoms with E-state index >= 15 is 0 Å². The number of piperidine rings is 1. The average Bonchev–Trinajstić information content (AvgIpc) is 2.40. The second kappa shape index (κ2) is 5.79. The summed E-state index contributed by atoms with van der Waals surface area (Å²) in [6.07, 6.45) is 1.98. The third-order valence-electron chi connectivity index (χ3n) is 3.75. The Morgan fingerprint density at radius 3 is 2.85 bits per heavy atom. The second-order valence-corrected chi connectivity index (χ2v) is 7.58. The predicted molar refractivity (Wildman–Crippen MR) is 76.5 cm³/mol. The predicted octanol–water partition coefficient (Wildman–Crippen LogP) is 1.80. The monoisotopic (exact) mass is 300 g/mol. The molecule has 2 rings (SSSR count). The maximum atomic E-state index is 13.7. The summed E-state index contributed by atoms with van der Waals surface area (Å²) in [5.74, 6) is -0.713. The van der Waals surface area contributed by atoms with Gasteiger partial charge in [0.15, 0.2) is 0 Å². The fourth-order valence-corrected chi connectivity index (χ4v) is 3.79. The van der Waals surface area contributed by atoms with Crippen LogP contribution in [0.5, 0.6) is 0 Å². The average molecular weight is 300 g/mol. The number of rotatable bonds is 4. The van der Waals surface area contributed by atoms with Gasteiger partial charge in [0.1, 0.15) is 10.7 Å². The molecule has 0 aromatic heterocycles. The van der Waals surface area contributed by atoms with Gasteiger partial charge in [-0.05, 0) is 49.4 Å². The van der Waals surface area contributed by atoms with E-state index in [-0.39, 0.29) is 10.3 Å². The minimum Gasteiger partial charge on any atom is -0.316 e. The lowest BCUT2D eigenvalue weighted by Gasteiger charge is -2.34. The molecule has 0 spiro atoms. The molecule has 4 nitrogen and oxygen atoms in total. The number of aryl methyl sites for hydroxylation is 1. The van der Waals surface area contributed by atoms with Crippen molar-refractivity contribution >= 4 is 10.0 Å². The molecule has 0 radical (unpaired) electrons. The van der Waals surface area contributed by atoms with E-state index in [9.17, 15) is 12.8 Å². The number of halogens is 1. The topological polar surface area (TPSA) is 58.2 Å². The zero-order valence-corrected chi connectivity index (χ0v) is 12.7. The molecular weight excluding hydrogens is 279 g/mol. The normalized spacial score (nSPS) is 23.8. The number of benzene rings is 1. The van der Waals surface area contributed by atoms with Gasteiger partial charge >= 0.3 is 0 Å². The van der Waals surface area contributed by atoms with Crippen molar-refractivity contribution in [1.29, 1.82) is 0 Å². The first-order chi connectivity index (χ1) is 9.32. The van der Waals surface area contributed by atoms with Crippen molar-refractivity contribution in [2.75, 3.05) is 19.6 Å². The van der Waals surface area contributed by atoms with E-state index in [2.05, 4.69) is 10.0 Å². The number of sulfonamides is 1. The molecule has 1 unspecified atom stereocenters. The van der Waals surface area contributed by atoms with Gasteiger partial charge in [-0.2, -0.15) is 0 Å². The Kier molecular flexibility index (Phi) is 4.46. The number of nitrogens with one attached hydrogen (secondary N) is 2. The van der Waals surface area contributed by atoms with Crippen LogP contribution in [0.3, 0.4) is 0 Å². The summed E-state index contributed by atoms with van der Waals surface area (Å²) in [5.41, 5.74) is 0.600. The van der Waals surface area contributed by atoms with Crippen LogP contribution in [0, 0.1) is 18.2 Å². The van der Waals surface area contributed by atoms with Gasteiger partial charge in [-0.1, -0.05) is 13.0 Å². The molecule has 6 heteroatoms. The smallest absolute Gasteiger partial charge is 0.243 e. The molecule has 0 amide bonds. The van der Waals surface area contributed by atoms with E-state index in [1.807, 2.05) is 6.92 Å². The van der Waals surface area contributed by atoms with Crippen LogP contribution in [0.2, 0.25) is 0 Å². The molecule has 1 fully saturated rings.